The number of carbonyl (C=O) groups is 2. The van der Waals surface area contributed by atoms with E-state index in [0.29, 0.717) is 17.1 Å². The van der Waals surface area contributed by atoms with Crippen LogP contribution in [0.1, 0.15) is 23.2 Å². The van der Waals surface area contributed by atoms with E-state index in [9.17, 15) is 22.8 Å². The predicted octanol–water partition coefficient (Wildman–Crippen LogP) is 4.25. The van der Waals surface area contributed by atoms with E-state index >= 15 is 0 Å². The summed E-state index contributed by atoms with van der Waals surface area (Å²) in [5.41, 5.74) is 0.449. The summed E-state index contributed by atoms with van der Waals surface area (Å²) in [4.78, 5) is 24.5. The number of methoxy groups -OCH3 is 2. The maximum atomic E-state index is 12.3. The fourth-order valence-corrected chi connectivity index (χ4v) is 2.45. The molecule has 156 valence electrons. The largest absolute Gasteiger partial charge is 0.493 e. The second-order valence-corrected chi connectivity index (χ2v) is 5.94. The molecule has 0 aliphatic carbocycles. The van der Waals surface area contributed by atoms with Gasteiger partial charge in [-0.2, -0.15) is 13.2 Å². The molecule has 0 radical (unpaired) electrons. The standard InChI is InChI=1S/C20H20F3NO5/c1-27-17-9-7-13(11-18(17)28-2)15(25)8-10-19(26)24-14-5-3-4-6-16(14)29-12-20(21,22)23/h3-7,9,11H,8,10,12H2,1-2H3,(H,24,26). The van der Waals surface area contributed by atoms with E-state index in [-0.39, 0.29) is 30.1 Å². The van der Waals surface area contributed by atoms with E-state index in [0.717, 1.165) is 0 Å². The molecule has 0 aromatic heterocycles. The molecular weight excluding hydrogens is 391 g/mol. The van der Waals surface area contributed by atoms with E-state index in [1.54, 1.807) is 18.2 Å². The lowest BCUT2D eigenvalue weighted by atomic mass is 10.1. The third-order valence-corrected chi connectivity index (χ3v) is 3.84. The van der Waals surface area contributed by atoms with Crippen LogP contribution in [0.5, 0.6) is 17.2 Å². The molecule has 0 aliphatic rings. The summed E-state index contributed by atoms with van der Waals surface area (Å²) in [6.07, 6.45) is -4.74. The highest BCUT2D eigenvalue weighted by atomic mass is 19.4. The Morgan fingerprint density at radius 1 is 0.931 bits per heavy atom. The minimum absolute atomic E-state index is 0.0904. The van der Waals surface area contributed by atoms with Crippen molar-refractivity contribution in [2.24, 2.45) is 0 Å². The van der Waals surface area contributed by atoms with E-state index in [1.165, 1.54) is 38.5 Å². The Morgan fingerprint density at radius 2 is 1.62 bits per heavy atom. The number of hydrogen-bond acceptors (Lipinski definition) is 5. The molecule has 0 unspecified atom stereocenters. The van der Waals surface area contributed by atoms with Gasteiger partial charge in [0, 0.05) is 18.4 Å². The monoisotopic (exact) mass is 411 g/mol. The number of halogens is 3. The minimum atomic E-state index is -4.50. The predicted molar refractivity (Wildman–Crippen MR) is 99.7 cm³/mol. The number of amides is 1. The Morgan fingerprint density at radius 3 is 2.28 bits per heavy atom. The average molecular weight is 411 g/mol. The molecule has 1 amide bonds. The number of benzene rings is 2. The topological polar surface area (TPSA) is 73.9 Å². The first-order chi connectivity index (χ1) is 13.7. The minimum Gasteiger partial charge on any atom is -0.493 e. The van der Waals surface area contributed by atoms with Crippen LogP contribution in [0.2, 0.25) is 0 Å². The highest BCUT2D eigenvalue weighted by molar-refractivity contribution is 6.00. The Kier molecular flexibility index (Phi) is 7.46. The summed E-state index contributed by atoms with van der Waals surface area (Å²) in [7, 11) is 2.91. The van der Waals surface area contributed by atoms with Crippen LogP contribution < -0.4 is 19.5 Å². The van der Waals surface area contributed by atoms with E-state index in [1.807, 2.05) is 0 Å². The number of hydrogen-bond donors (Lipinski definition) is 1. The summed E-state index contributed by atoms with van der Waals surface area (Å²) in [6, 6.07) is 10.4. The first kappa shape index (κ1) is 22.1. The smallest absolute Gasteiger partial charge is 0.422 e. The van der Waals surface area contributed by atoms with Gasteiger partial charge < -0.3 is 19.5 Å². The van der Waals surface area contributed by atoms with Crippen molar-refractivity contribution < 1.29 is 37.0 Å². The number of para-hydroxylation sites is 2. The van der Waals surface area contributed by atoms with Gasteiger partial charge in [0.25, 0.3) is 0 Å². The van der Waals surface area contributed by atoms with Crippen LogP contribution in [-0.2, 0) is 4.79 Å². The van der Waals surface area contributed by atoms with Crippen LogP contribution in [0.15, 0.2) is 42.5 Å². The fraction of sp³-hybridized carbons (Fsp3) is 0.300. The molecule has 0 aliphatic heterocycles. The summed E-state index contributed by atoms with van der Waals surface area (Å²) < 4.78 is 52.0. The second-order valence-electron chi connectivity index (χ2n) is 5.94. The third kappa shape index (κ3) is 6.70. The van der Waals surface area contributed by atoms with Gasteiger partial charge in [-0.25, -0.2) is 0 Å². The van der Waals surface area contributed by atoms with E-state index < -0.39 is 18.7 Å². The molecule has 0 bridgehead atoms. The van der Waals surface area contributed by atoms with Gasteiger partial charge in [0.2, 0.25) is 5.91 Å². The number of ether oxygens (including phenoxy) is 3. The Bertz CT molecular complexity index is 867. The summed E-state index contributed by atoms with van der Waals surface area (Å²) in [5, 5.41) is 2.47. The maximum absolute atomic E-state index is 12.3. The first-order valence-corrected chi connectivity index (χ1v) is 8.57. The Hall–Kier alpha value is -3.23. The van der Waals surface area contributed by atoms with Gasteiger partial charge >= 0.3 is 6.18 Å². The van der Waals surface area contributed by atoms with Crippen molar-refractivity contribution >= 4 is 17.4 Å². The lowest BCUT2D eigenvalue weighted by Gasteiger charge is -2.13. The summed E-state index contributed by atoms with van der Waals surface area (Å²) >= 11 is 0. The fourth-order valence-electron chi connectivity index (χ4n) is 2.45. The van der Waals surface area contributed by atoms with Crippen LogP contribution in [0.3, 0.4) is 0 Å². The van der Waals surface area contributed by atoms with Crippen molar-refractivity contribution in [1.29, 1.82) is 0 Å². The quantitative estimate of drug-likeness (QED) is 0.625. The lowest BCUT2D eigenvalue weighted by Crippen LogP contribution is -2.20. The zero-order valence-electron chi connectivity index (χ0n) is 15.8. The Labute approximate surface area is 165 Å². The van der Waals surface area contributed by atoms with Crippen molar-refractivity contribution in [3.05, 3.63) is 48.0 Å². The number of ketones is 1. The van der Waals surface area contributed by atoms with Crippen LogP contribution >= 0.6 is 0 Å². The van der Waals surface area contributed by atoms with Crippen molar-refractivity contribution in [1.82, 2.24) is 0 Å². The number of Topliss-reactive ketones (excluding diaryl/α,β-unsaturated/α-hetero) is 1. The van der Waals surface area contributed by atoms with Gasteiger partial charge in [-0.05, 0) is 30.3 Å². The van der Waals surface area contributed by atoms with Crippen molar-refractivity contribution in [3.8, 4) is 17.2 Å². The van der Waals surface area contributed by atoms with Gasteiger partial charge in [-0.3, -0.25) is 9.59 Å². The molecule has 2 aromatic rings. The first-order valence-electron chi connectivity index (χ1n) is 8.57. The molecule has 0 heterocycles. The van der Waals surface area contributed by atoms with Crippen molar-refractivity contribution in [3.63, 3.8) is 0 Å². The number of carbonyl (C=O) groups excluding carboxylic acids is 2. The summed E-state index contributed by atoms with van der Waals surface area (Å²) in [5.74, 6) is -0.0650. The third-order valence-electron chi connectivity index (χ3n) is 3.84. The van der Waals surface area contributed by atoms with Gasteiger partial charge in [0.05, 0.1) is 19.9 Å². The van der Waals surface area contributed by atoms with Crippen molar-refractivity contribution in [2.75, 3.05) is 26.1 Å². The number of nitrogens with one attached hydrogen (secondary N) is 1. The molecule has 2 rings (SSSR count). The van der Waals surface area contributed by atoms with Gasteiger partial charge in [0.15, 0.2) is 23.9 Å². The molecule has 2 aromatic carbocycles. The molecule has 9 heteroatoms. The van der Waals surface area contributed by atoms with Crippen LogP contribution in [-0.4, -0.2) is 38.7 Å². The Balaban J connectivity index is 1.96. The molecule has 0 fully saturated rings. The van der Waals surface area contributed by atoms with Gasteiger partial charge in [0.1, 0.15) is 5.75 Å². The van der Waals surface area contributed by atoms with E-state index in [2.05, 4.69) is 5.32 Å². The molecule has 0 atom stereocenters. The lowest BCUT2D eigenvalue weighted by molar-refractivity contribution is -0.153. The highest BCUT2D eigenvalue weighted by Gasteiger charge is 2.28. The van der Waals surface area contributed by atoms with Crippen LogP contribution in [0.25, 0.3) is 0 Å². The second kappa shape index (κ2) is 9.81. The van der Waals surface area contributed by atoms with E-state index in [4.69, 9.17) is 14.2 Å². The van der Waals surface area contributed by atoms with Crippen LogP contribution in [0, 0.1) is 0 Å². The van der Waals surface area contributed by atoms with Gasteiger partial charge in [-0.1, -0.05) is 12.1 Å². The molecule has 29 heavy (non-hydrogen) atoms. The normalized spacial score (nSPS) is 10.9. The van der Waals surface area contributed by atoms with Crippen molar-refractivity contribution in [2.45, 2.75) is 19.0 Å². The molecule has 0 spiro atoms. The molecule has 6 nitrogen and oxygen atoms in total. The molecular formula is C20H20F3NO5. The summed E-state index contributed by atoms with van der Waals surface area (Å²) in [6.45, 7) is -1.47. The zero-order chi connectivity index (χ0) is 21.4. The zero-order valence-corrected chi connectivity index (χ0v) is 15.8. The number of alkyl halides is 3. The number of anilines is 1. The number of rotatable bonds is 9. The van der Waals surface area contributed by atoms with Crippen LogP contribution in [0.4, 0.5) is 18.9 Å². The molecule has 0 saturated heterocycles. The SMILES string of the molecule is COc1ccc(C(=O)CCC(=O)Nc2ccccc2OCC(F)(F)F)cc1OC. The average Bonchev–Trinajstić information content (AvgIpc) is 2.70. The highest BCUT2D eigenvalue weighted by Crippen LogP contribution is 2.29. The molecule has 1 N–H and O–H groups in total. The van der Waals surface area contributed by atoms with Gasteiger partial charge in [-0.15, -0.1) is 0 Å². The molecule has 0 saturated carbocycles. The maximum Gasteiger partial charge on any atom is 0.422 e.